The van der Waals surface area contributed by atoms with E-state index in [9.17, 15) is 9.59 Å². The molecular weight excluding hydrogens is 270 g/mol. The quantitative estimate of drug-likeness (QED) is 0.794. The lowest BCUT2D eigenvalue weighted by atomic mass is 10.1. The van der Waals surface area contributed by atoms with Crippen molar-refractivity contribution in [2.45, 2.75) is 18.9 Å². The number of carbonyl (C=O) groups is 2. The maximum Gasteiger partial charge on any atom is 0.257 e. The standard InChI is InChI=1S/C14H21N5O2/c1-17-10-11(9-16-17)13(20)19-6-2-3-12(19)14(21)18-7-4-15-5-8-18/h9-10,12,15H,2-8H2,1H3. The first-order chi connectivity index (χ1) is 10.2. The molecule has 7 heteroatoms. The molecular formula is C14H21N5O2. The minimum Gasteiger partial charge on any atom is -0.338 e. The number of amides is 2. The van der Waals surface area contributed by atoms with Gasteiger partial charge in [0.2, 0.25) is 5.91 Å². The second-order valence-electron chi connectivity index (χ2n) is 5.63. The number of likely N-dealkylation sites (tertiary alicyclic amines) is 1. The Hall–Kier alpha value is -1.89. The van der Waals surface area contributed by atoms with Gasteiger partial charge in [-0.1, -0.05) is 0 Å². The van der Waals surface area contributed by atoms with E-state index in [0.29, 0.717) is 12.1 Å². The van der Waals surface area contributed by atoms with Crippen molar-refractivity contribution >= 4 is 11.8 Å². The minimum absolute atomic E-state index is 0.0888. The Morgan fingerprint density at radius 1 is 1.29 bits per heavy atom. The van der Waals surface area contributed by atoms with Crippen LogP contribution in [-0.2, 0) is 11.8 Å². The van der Waals surface area contributed by atoms with E-state index in [0.717, 1.165) is 39.0 Å². The van der Waals surface area contributed by atoms with Gasteiger partial charge in [-0.15, -0.1) is 0 Å². The van der Waals surface area contributed by atoms with Crippen LogP contribution in [0.4, 0.5) is 0 Å². The van der Waals surface area contributed by atoms with Crippen molar-refractivity contribution in [3.05, 3.63) is 18.0 Å². The number of hydrogen-bond acceptors (Lipinski definition) is 4. The van der Waals surface area contributed by atoms with Gasteiger partial charge in [-0.3, -0.25) is 14.3 Å². The number of rotatable bonds is 2. The summed E-state index contributed by atoms with van der Waals surface area (Å²) in [4.78, 5) is 28.8. The molecule has 3 heterocycles. The summed E-state index contributed by atoms with van der Waals surface area (Å²) in [5.74, 6) is 0.000301. The third-order valence-electron chi connectivity index (χ3n) is 4.18. The van der Waals surface area contributed by atoms with Crippen LogP contribution in [0.15, 0.2) is 12.4 Å². The molecule has 0 spiro atoms. The van der Waals surface area contributed by atoms with Crippen LogP contribution in [0, 0.1) is 0 Å². The monoisotopic (exact) mass is 291 g/mol. The maximum atomic E-state index is 12.6. The second-order valence-corrected chi connectivity index (χ2v) is 5.63. The zero-order valence-corrected chi connectivity index (χ0v) is 12.3. The fourth-order valence-corrected chi connectivity index (χ4v) is 3.06. The van der Waals surface area contributed by atoms with Crippen LogP contribution in [0.1, 0.15) is 23.2 Å². The molecule has 2 fully saturated rings. The number of hydrogen-bond donors (Lipinski definition) is 1. The molecule has 1 aromatic heterocycles. The highest BCUT2D eigenvalue weighted by molar-refractivity contribution is 5.97. The lowest BCUT2D eigenvalue weighted by molar-refractivity contribution is -0.135. The van der Waals surface area contributed by atoms with Gasteiger partial charge in [0.25, 0.3) is 5.91 Å². The summed E-state index contributed by atoms with van der Waals surface area (Å²) in [6, 6.07) is -0.309. The van der Waals surface area contributed by atoms with Crippen LogP contribution in [0.3, 0.4) is 0 Å². The Balaban J connectivity index is 1.72. The normalized spacial score (nSPS) is 22.6. The summed E-state index contributed by atoms with van der Waals surface area (Å²) in [5, 5.41) is 7.27. The van der Waals surface area contributed by atoms with E-state index >= 15 is 0 Å². The average molecular weight is 291 g/mol. The maximum absolute atomic E-state index is 12.6. The van der Waals surface area contributed by atoms with Crippen LogP contribution in [-0.4, -0.2) is 70.2 Å². The van der Waals surface area contributed by atoms with E-state index in [2.05, 4.69) is 10.4 Å². The van der Waals surface area contributed by atoms with Crippen LogP contribution in [0.2, 0.25) is 0 Å². The Kier molecular flexibility index (Phi) is 3.92. The number of aromatic nitrogens is 2. The summed E-state index contributed by atoms with van der Waals surface area (Å²) in [7, 11) is 1.78. The highest BCUT2D eigenvalue weighted by Crippen LogP contribution is 2.22. The number of piperazine rings is 1. The van der Waals surface area contributed by atoms with Gasteiger partial charge in [-0.05, 0) is 12.8 Å². The minimum atomic E-state index is -0.309. The van der Waals surface area contributed by atoms with Crippen molar-refractivity contribution in [3.8, 4) is 0 Å². The first-order valence-corrected chi connectivity index (χ1v) is 7.46. The Labute approximate surface area is 123 Å². The largest absolute Gasteiger partial charge is 0.338 e. The van der Waals surface area contributed by atoms with E-state index in [1.807, 2.05) is 4.90 Å². The van der Waals surface area contributed by atoms with Crippen molar-refractivity contribution in [1.29, 1.82) is 0 Å². The van der Waals surface area contributed by atoms with E-state index in [-0.39, 0.29) is 17.9 Å². The molecule has 0 aliphatic carbocycles. The highest BCUT2D eigenvalue weighted by atomic mass is 16.2. The van der Waals surface area contributed by atoms with Gasteiger partial charge >= 0.3 is 0 Å². The summed E-state index contributed by atoms with van der Waals surface area (Å²) < 4.78 is 1.61. The first-order valence-electron chi connectivity index (χ1n) is 7.46. The highest BCUT2D eigenvalue weighted by Gasteiger charge is 2.37. The molecule has 2 amide bonds. The summed E-state index contributed by atoms with van der Waals surface area (Å²) in [6.07, 6.45) is 4.91. The van der Waals surface area contributed by atoms with Crippen LogP contribution in [0.5, 0.6) is 0 Å². The molecule has 7 nitrogen and oxygen atoms in total. The molecule has 21 heavy (non-hydrogen) atoms. The molecule has 0 saturated carbocycles. The number of carbonyl (C=O) groups excluding carboxylic acids is 2. The van der Waals surface area contributed by atoms with Crippen molar-refractivity contribution in [3.63, 3.8) is 0 Å². The van der Waals surface area contributed by atoms with E-state index < -0.39 is 0 Å². The molecule has 0 radical (unpaired) electrons. The van der Waals surface area contributed by atoms with Crippen molar-refractivity contribution in [1.82, 2.24) is 24.9 Å². The van der Waals surface area contributed by atoms with E-state index in [1.54, 1.807) is 29.0 Å². The number of nitrogens with zero attached hydrogens (tertiary/aromatic N) is 4. The third-order valence-corrected chi connectivity index (χ3v) is 4.18. The molecule has 2 saturated heterocycles. The predicted octanol–water partition coefficient (Wildman–Crippen LogP) is -0.543. The second kappa shape index (κ2) is 5.85. The Morgan fingerprint density at radius 3 is 2.71 bits per heavy atom. The van der Waals surface area contributed by atoms with Crippen LogP contribution < -0.4 is 5.32 Å². The third kappa shape index (κ3) is 2.78. The smallest absolute Gasteiger partial charge is 0.257 e. The molecule has 3 rings (SSSR count). The molecule has 114 valence electrons. The Bertz CT molecular complexity index is 535. The Morgan fingerprint density at radius 2 is 2.05 bits per heavy atom. The van der Waals surface area contributed by atoms with Crippen LogP contribution >= 0.6 is 0 Å². The topological polar surface area (TPSA) is 70.5 Å². The van der Waals surface area contributed by atoms with Gasteiger partial charge in [0, 0.05) is 46.0 Å². The van der Waals surface area contributed by atoms with Crippen molar-refractivity contribution in [2.24, 2.45) is 7.05 Å². The predicted molar refractivity (Wildman–Crippen MR) is 76.7 cm³/mol. The van der Waals surface area contributed by atoms with Gasteiger partial charge < -0.3 is 15.1 Å². The molecule has 1 N–H and O–H groups in total. The zero-order valence-electron chi connectivity index (χ0n) is 12.3. The molecule has 0 aromatic carbocycles. The fraction of sp³-hybridized carbons (Fsp3) is 0.643. The van der Waals surface area contributed by atoms with Crippen LogP contribution in [0.25, 0.3) is 0 Å². The molecule has 1 unspecified atom stereocenters. The van der Waals surface area contributed by atoms with E-state index in [4.69, 9.17) is 0 Å². The van der Waals surface area contributed by atoms with Gasteiger partial charge in [0.1, 0.15) is 6.04 Å². The zero-order chi connectivity index (χ0) is 14.8. The van der Waals surface area contributed by atoms with Gasteiger partial charge in [-0.2, -0.15) is 5.10 Å². The molecule has 2 aliphatic rings. The number of nitrogens with one attached hydrogen (secondary N) is 1. The summed E-state index contributed by atoms with van der Waals surface area (Å²) in [6.45, 7) is 3.76. The lowest BCUT2D eigenvalue weighted by Crippen LogP contribution is -2.53. The molecule has 1 aromatic rings. The lowest BCUT2D eigenvalue weighted by Gasteiger charge is -2.32. The van der Waals surface area contributed by atoms with Gasteiger partial charge in [-0.25, -0.2) is 0 Å². The van der Waals surface area contributed by atoms with Gasteiger partial charge in [0.05, 0.1) is 11.8 Å². The SMILES string of the molecule is Cn1cc(C(=O)N2CCCC2C(=O)N2CCNCC2)cn1. The van der Waals surface area contributed by atoms with E-state index in [1.165, 1.54) is 0 Å². The van der Waals surface area contributed by atoms with Gasteiger partial charge in [0.15, 0.2) is 0 Å². The van der Waals surface area contributed by atoms with Crippen molar-refractivity contribution < 1.29 is 9.59 Å². The molecule has 2 aliphatic heterocycles. The summed E-state index contributed by atoms with van der Waals surface area (Å²) in [5.41, 5.74) is 0.553. The first kappa shape index (κ1) is 14.1. The van der Waals surface area contributed by atoms with Crippen molar-refractivity contribution in [2.75, 3.05) is 32.7 Å². The summed E-state index contributed by atoms with van der Waals surface area (Å²) >= 11 is 0. The average Bonchev–Trinajstić information content (AvgIpc) is 3.15. The fourth-order valence-electron chi connectivity index (χ4n) is 3.06. The number of aryl methyl sites for hydroxylation is 1. The molecule has 0 bridgehead atoms. The molecule has 1 atom stereocenters.